The van der Waals surface area contributed by atoms with Gasteiger partial charge in [-0.3, -0.25) is 4.79 Å². The molecule has 0 saturated carbocycles. The molecule has 0 aliphatic carbocycles. The van der Waals surface area contributed by atoms with Gasteiger partial charge in [-0.25, -0.2) is 4.39 Å². The topological polar surface area (TPSA) is 37.3 Å². The molecule has 0 saturated heterocycles. The van der Waals surface area contributed by atoms with E-state index in [0.717, 1.165) is 5.56 Å². The molecule has 74 valence electrons. The highest BCUT2D eigenvalue weighted by atomic mass is 79.9. The van der Waals surface area contributed by atoms with Crippen LogP contribution < -0.4 is 0 Å². The highest BCUT2D eigenvalue weighted by Crippen LogP contribution is 2.19. The fraction of sp³-hybridized carbons (Fsp3) is 0.100. The largest absolute Gasteiger partial charge is 0.481 e. The molecule has 1 aromatic rings. The third-order valence-corrected chi connectivity index (χ3v) is 2.24. The van der Waals surface area contributed by atoms with Gasteiger partial charge >= 0.3 is 5.97 Å². The molecular weight excluding hydrogens is 251 g/mol. The minimum atomic E-state index is -0.889. The third-order valence-electron chi connectivity index (χ3n) is 1.55. The van der Waals surface area contributed by atoms with Crippen LogP contribution in [-0.4, -0.2) is 11.1 Å². The quantitative estimate of drug-likeness (QED) is 0.905. The number of benzene rings is 1. The summed E-state index contributed by atoms with van der Waals surface area (Å²) in [6, 6.07) is 4.24. The van der Waals surface area contributed by atoms with Crippen LogP contribution in [0.25, 0.3) is 6.08 Å². The Morgan fingerprint density at radius 1 is 1.57 bits per heavy atom. The van der Waals surface area contributed by atoms with E-state index in [1.165, 1.54) is 18.2 Å². The molecule has 4 heteroatoms. The molecule has 0 fully saturated rings. The molecule has 14 heavy (non-hydrogen) atoms. The van der Waals surface area contributed by atoms with Gasteiger partial charge in [-0.05, 0) is 17.7 Å². The smallest absolute Gasteiger partial charge is 0.307 e. The zero-order valence-corrected chi connectivity index (χ0v) is 8.79. The number of halogens is 2. The molecule has 0 aliphatic heterocycles. The predicted octanol–water partition coefficient (Wildman–Crippen LogP) is 3.08. The first-order valence-corrected chi connectivity index (χ1v) is 4.72. The first kappa shape index (κ1) is 10.9. The van der Waals surface area contributed by atoms with Crippen molar-refractivity contribution in [2.24, 2.45) is 0 Å². The molecule has 0 spiro atoms. The van der Waals surface area contributed by atoms with Crippen LogP contribution >= 0.6 is 15.9 Å². The Morgan fingerprint density at radius 2 is 2.29 bits per heavy atom. The fourth-order valence-electron chi connectivity index (χ4n) is 0.923. The van der Waals surface area contributed by atoms with Gasteiger partial charge < -0.3 is 5.11 Å². The summed E-state index contributed by atoms with van der Waals surface area (Å²) in [6.07, 6.45) is 3.11. The molecule has 0 aliphatic rings. The van der Waals surface area contributed by atoms with E-state index in [1.807, 2.05) is 0 Å². The van der Waals surface area contributed by atoms with E-state index in [9.17, 15) is 9.18 Å². The number of carboxylic acid groups (broad SMARTS) is 1. The van der Waals surface area contributed by atoms with E-state index in [-0.39, 0.29) is 12.2 Å². The van der Waals surface area contributed by atoms with E-state index in [2.05, 4.69) is 15.9 Å². The van der Waals surface area contributed by atoms with E-state index in [1.54, 1.807) is 12.1 Å². The number of aliphatic carboxylic acids is 1. The summed E-state index contributed by atoms with van der Waals surface area (Å²) in [5.41, 5.74) is 0.757. The molecule has 0 unspecified atom stereocenters. The third kappa shape index (κ3) is 3.30. The van der Waals surface area contributed by atoms with Gasteiger partial charge in [0.25, 0.3) is 0 Å². The summed E-state index contributed by atoms with van der Waals surface area (Å²) in [5, 5.41) is 8.38. The van der Waals surface area contributed by atoms with E-state index in [0.29, 0.717) is 4.47 Å². The van der Waals surface area contributed by atoms with Gasteiger partial charge in [-0.15, -0.1) is 0 Å². The van der Waals surface area contributed by atoms with Gasteiger partial charge in [0.2, 0.25) is 0 Å². The summed E-state index contributed by atoms with van der Waals surface area (Å²) in [4.78, 5) is 10.2. The molecule has 0 radical (unpaired) electrons. The first-order valence-electron chi connectivity index (χ1n) is 3.93. The van der Waals surface area contributed by atoms with Crippen LogP contribution in [-0.2, 0) is 4.79 Å². The lowest BCUT2D eigenvalue weighted by Gasteiger charge is -1.97. The lowest BCUT2D eigenvalue weighted by atomic mass is 10.2. The second-order valence-electron chi connectivity index (χ2n) is 2.67. The first-order chi connectivity index (χ1) is 6.59. The van der Waals surface area contributed by atoms with Crippen molar-refractivity contribution in [3.63, 3.8) is 0 Å². The molecule has 0 bridgehead atoms. The summed E-state index contributed by atoms with van der Waals surface area (Å²) >= 11 is 3.18. The molecule has 0 atom stereocenters. The molecule has 0 heterocycles. The van der Waals surface area contributed by atoms with Gasteiger partial charge in [-0.2, -0.15) is 0 Å². The van der Waals surface area contributed by atoms with Crippen LogP contribution in [0.4, 0.5) is 4.39 Å². The van der Waals surface area contributed by atoms with E-state index in [4.69, 9.17) is 5.11 Å². The Balaban J connectivity index is 2.76. The Kier molecular flexibility index (Phi) is 3.83. The monoisotopic (exact) mass is 258 g/mol. The summed E-state index contributed by atoms with van der Waals surface area (Å²) in [6.45, 7) is 0. The van der Waals surface area contributed by atoms with Gasteiger partial charge in [-0.1, -0.05) is 34.1 Å². The van der Waals surface area contributed by atoms with Crippen molar-refractivity contribution in [3.8, 4) is 0 Å². The van der Waals surface area contributed by atoms with Crippen LogP contribution in [0.2, 0.25) is 0 Å². The van der Waals surface area contributed by atoms with Crippen molar-refractivity contribution in [2.75, 3.05) is 0 Å². The minimum Gasteiger partial charge on any atom is -0.481 e. The van der Waals surface area contributed by atoms with Crippen LogP contribution in [0.15, 0.2) is 28.7 Å². The normalized spacial score (nSPS) is 10.7. The number of hydrogen-bond donors (Lipinski definition) is 1. The zero-order chi connectivity index (χ0) is 10.6. The number of hydrogen-bond acceptors (Lipinski definition) is 1. The van der Waals surface area contributed by atoms with Gasteiger partial charge in [0.1, 0.15) is 5.82 Å². The Labute approximate surface area is 89.2 Å². The SMILES string of the molecule is O=C(O)CC=Cc1ccc(F)cc1Br. The van der Waals surface area contributed by atoms with Crippen molar-refractivity contribution in [3.05, 3.63) is 40.1 Å². The van der Waals surface area contributed by atoms with E-state index < -0.39 is 5.97 Å². The number of carboxylic acids is 1. The average molecular weight is 259 g/mol. The van der Waals surface area contributed by atoms with Gasteiger partial charge in [0.15, 0.2) is 0 Å². The lowest BCUT2D eigenvalue weighted by molar-refractivity contribution is -0.135. The predicted molar refractivity (Wildman–Crippen MR) is 55.4 cm³/mol. The second kappa shape index (κ2) is 4.91. The summed E-state index contributed by atoms with van der Waals surface area (Å²) in [7, 11) is 0. The van der Waals surface area contributed by atoms with Gasteiger partial charge in [0, 0.05) is 4.47 Å². The van der Waals surface area contributed by atoms with Crippen LogP contribution in [0.3, 0.4) is 0 Å². The van der Waals surface area contributed by atoms with Crippen molar-refractivity contribution in [1.82, 2.24) is 0 Å². The Bertz CT molecular complexity index is 374. The van der Waals surface area contributed by atoms with Crippen molar-refractivity contribution in [2.45, 2.75) is 6.42 Å². The minimum absolute atomic E-state index is 0.0379. The number of rotatable bonds is 3. The molecular formula is C10H8BrFO2. The highest BCUT2D eigenvalue weighted by Gasteiger charge is 1.97. The summed E-state index contributed by atoms with van der Waals surface area (Å²) in [5.74, 6) is -1.22. The molecule has 2 nitrogen and oxygen atoms in total. The second-order valence-corrected chi connectivity index (χ2v) is 3.52. The molecule has 1 rings (SSSR count). The number of carbonyl (C=O) groups is 1. The van der Waals surface area contributed by atoms with Crippen molar-refractivity contribution < 1.29 is 14.3 Å². The Hall–Kier alpha value is -1.16. The van der Waals surface area contributed by atoms with Crippen molar-refractivity contribution in [1.29, 1.82) is 0 Å². The van der Waals surface area contributed by atoms with Gasteiger partial charge in [0.05, 0.1) is 6.42 Å². The van der Waals surface area contributed by atoms with Crippen LogP contribution in [0.1, 0.15) is 12.0 Å². The molecule has 1 N–H and O–H groups in total. The maximum absolute atomic E-state index is 12.6. The van der Waals surface area contributed by atoms with Crippen LogP contribution in [0.5, 0.6) is 0 Å². The molecule has 0 amide bonds. The molecule has 0 aromatic heterocycles. The maximum atomic E-state index is 12.6. The maximum Gasteiger partial charge on any atom is 0.307 e. The van der Waals surface area contributed by atoms with Crippen LogP contribution in [0, 0.1) is 5.82 Å². The molecule has 1 aromatic carbocycles. The fourth-order valence-corrected chi connectivity index (χ4v) is 1.41. The Morgan fingerprint density at radius 3 is 2.86 bits per heavy atom. The average Bonchev–Trinajstić information content (AvgIpc) is 2.08. The highest BCUT2D eigenvalue weighted by molar-refractivity contribution is 9.10. The van der Waals surface area contributed by atoms with Crippen molar-refractivity contribution >= 4 is 28.0 Å². The van der Waals surface area contributed by atoms with E-state index >= 15 is 0 Å². The lowest BCUT2D eigenvalue weighted by Crippen LogP contribution is -1.89. The summed E-state index contributed by atoms with van der Waals surface area (Å²) < 4.78 is 13.3. The standard InChI is InChI=1S/C10H8BrFO2/c11-9-6-8(12)5-4-7(9)2-1-3-10(13)14/h1-2,4-6H,3H2,(H,13,14). The zero-order valence-electron chi connectivity index (χ0n) is 7.21.